The first kappa shape index (κ1) is 16.4. The molecule has 1 unspecified atom stereocenters. The summed E-state index contributed by atoms with van der Waals surface area (Å²) in [5, 5.41) is 0. The van der Waals surface area contributed by atoms with Gasteiger partial charge < -0.3 is 19.9 Å². The number of benzene rings is 1. The SMILES string of the molecule is COCCOCCCOc1ccc(C(C)N)cc1Br. The lowest BCUT2D eigenvalue weighted by molar-refractivity contribution is 0.0644. The zero-order chi connectivity index (χ0) is 14.1. The second-order valence-electron chi connectivity index (χ2n) is 4.29. The van der Waals surface area contributed by atoms with Crippen molar-refractivity contribution in [2.24, 2.45) is 5.73 Å². The maximum Gasteiger partial charge on any atom is 0.133 e. The van der Waals surface area contributed by atoms with E-state index in [1.54, 1.807) is 7.11 Å². The minimum Gasteiger partial charge on any atom is -0.492 e. The van der Waals surface area contributed by atoms with Gasteiger partial charge >= 0.3 is 0 Å². The second-order valence-corrected chi connectivity index (χ2v) is 5.14. The molecule has 5 heteroatoms. The van der Waals surface area contributed by atoms with Crippen LogP contribution in [0.15, 0.2) is 22.7 Å². The molecule has 0 aliphatic rings. The van der Waals surface area contributed by atoms with Crippen LogP contribution in [0.3, 0.4) is 0 Å². The minimum atomic E-state index is 0.0273. The fraction of sp³-hybridized carbons (Fsp3) is 0.571. The number of rotatable bonds is 9. The van der Waals surface area contributed by atoms with E-state index < -0.39 is 0 Å². The van der Waals surface area contributed by atoms with Crippen LogP contribution in [0, 0.1) is 0 Å². The molecule has 0 saturated carbocycles. The Hall–Kier alpha value is -0.620. The van der Waals surface area contributed by atoms with Crippen molar-refractivity contribution in [3.05, 3.63) is 28.2 Å². The van der Waals surface area contributed by atoms with Gasteiger partial charge in [-0.25, -0.2) is 0 Å². The number of ether oxygens (including phenoxy) is 3. The molecule has 0 aliphatic heterocycles. The Morgan fingerprint density at radius 1 is 1.21 bits per heavy atom. The van der Waals surface area contributed by atoms with E-state index in [0.717, 1.165) is 22.2 Å². The highest BCUT2D eigenvalue weighted by molar-refractivity contribution is 9.10. The smallest absolute Gasteiger partial charge is 0.133 e. The Morgan fingerprint density at radius 3 is 2.63 bits per heavy atom. The van der Waals surface area contributed by atoms with Crippen LogP contribution >= 0.6 is 15.9 Å². The van der Waals surface area contributed by atoms with E-state index in [0.29, 0.717) is 26.4 Å². The van der Waals surface area contributed by atoms with Crippen molar-refractivity contribution >= 4 is 15.9 Å². The van der Waals surface area contributed by atoms with Gasteiger partial charge in [-0.1, -0.05) is 6.07 Å². The predicted octanol–water partition coefficient (Wildman–Crippen LogP) is 2.90. The summed E-state index contributed by atoms with van der Waals surface area (Å²) >= 11 is 3.49. The van der Waals surface area contributed by atoms with Crippen LogP contribution in [0.4, 0.5) is 0 Å². The molecule has 0 aromatic heterocycles. The van der Waals surface area contributed by atoms with Gasteiger partial charge in [0.05, 0.1) is 24.3 Å². The van der Waals surface area contributed by atoms with Crippen LogP contribution in [-0.4, -0.2) is 33.5 Å². The van der Waals surface area contributed by atoms with Gasteiger partial charge in [0.25, 0.3) is 0 Å². The molecule has 0 heterocycles. The zero-order valence-electron chi connectivity index (χ0n) is 11.5. The Kier molecular flexibility index (Phi) is 8.05. The first-order valence-corrected chi connectivity index (χ1v) is 7.19. The standard InChI is InChI=1S/C14H22BrNO3/c1-11(16)12-4-5-14(13(15)10-12)19-7-3-6-18-9-8-17-2/h4-5,10-11H,3,6-9,16H2,1-2H3. The monoisotopic (exact) mass is 331 g/mol. The van der Waals surface area contributed by atoms with Gasteiger partial charge in [-0.3, -0.25) is 0 Å². The summed E-state index contributed by atoms with van der Waals surface area (Å²) < 4.78 is 16.9. The van der Waals surface area contributed by atoms with Gasteiger partial charge in [0, 0.05) is 26.2 Å². The van der Waals surface area contributed by atoms with Crippen molar-refractivity contribution in [1.82, 2.24) is 0 Å². The number of hydrogen-bond acceptors (Lipinski definition) is 4. The molecule has 0 aliphatic carbocycles. The van der Waals surface area contributed by atoms with Crippen molar-refractivity contribution in [3.63, 3.8) is 0 Å². The number of methoxy groups -OCH3 is 1. The third-order valence-electron chi connectivity index (χ3n) is 2.60. The average Bonchev–Trinajstić information content (AvgIpc) is 2.39. The molecule has 0 radical (unpaired) electrons. The lowest BCUT2D eigenvalue weighted by Crippen LogP contribution is -2.07. The van der Waals surface area contributed by atoms with Crippen molar-refractivity contribution in [1.29, 1.82) is 0 Å². The maximum absolute atomic E-state index is 5.82. The van der Waals surface area contributed by atoms with Gasteiger partial charge in [-0.15, -0.1) is 0 Å². The summed E-state index contributed by atoms with van der Waals surface area (Å²) in [6.45, 7) is 4.52. The quantitative estimate of drug-likeness (QED) is 0.707. The maximum atomic E-state index is 5.82. The van der Waals surface area contributed by atoms with Gasteiger partial charge in [0.2, 0.25) is 0 Å². The van der Waals surface area contributed by atoms with Crippen LogP contribution in [0.5, 0.6) is 5.75 Å². The van der Waals surface area contributed by atoms with Crippen LogP contribution in [0.25, 0.3) is 0 Å². The molecule has 4 nitrogen and oxygen atoms in total. The van der Waals surface area contributed by atoms with E-state index in [1.807, 2.05) is 25.1 Å². The van der Waals surface area contributed by atoms with Crippen molar-refractivity contribution in [2.45, 2.75) is 19.4 Å². The topological polar surface area (TPSA) is 53.7 Å². The van der Waals surface area contributed by atoms with Crippen molar-refractivity contribution in [2.75, 3.05) is 33.5 Å². The summed E-state index contributed by atoms with van der Waals surface area (Å²) in [7, 11) is 1.66. The molecule has 1 atom stereocenters. The summed E-state index contributed by atoms with van der Waals surface area (Å²) in [5.41, 5.74) is 6.91. The molecule has 1 aromatic rings. The van der Waals surface area contributed by atoms with E-state index in [-0.39, 0.29) is 6.04 Å². The third kappa shape index (κ3) is 6.38. The van der Waals surface area contributed by atoms with E-state index in [1.165, 1.54) is 0 Å². The fourth-order valence-electron chi connectivity index (χ4n) is 1.50. The highest BCUT2D eigenvalue weighted by Gasteiger charge is 2.05. The molecule has 0 bridgehead atoms. The van der Waals surface area contributed by atoms with E-state index in [2.05, 4.69) is 15.9 Å². The molecule has 2 N–H and O–H groups in total. The molecule has 1 rings (SSSR count). The average molecular weight is 332 g/mol. The van der Waals surface area contributed by atoms with Crippen LogP contribution in [0.1, 0.15) is 24.9 Å². The molecule has 0 spiro atoms. The third-order valence-corrected chi connectivity index (χ3v) is 3.22. The van der Waals surface area contributed by atoms with Crippen LogP contribution < -0.4 is 10.5 Å². The van der Waals surface area contributed by atoms with Gasteiger partial charge in [0.15, 0.2) is 0 Å². The molecule has 108 valence electrons. The number of halogens is 1. The number of hydrogen-bond donors (Lipinski definition) is 1. The van der Waals surface area contributed by atoms with E-state index >= 15 is 0 Å². The van der Waals surface area contributed by atoms with Crippen molar-refractivity contribution < 1.29 is 14.2 Å². The molecule has 0 amide bonds. The molecule has 0 saturated heterocycles. The van der Waals surface area contributed by atoms with Gasteiger partial charge in [-0.2, -0.15) is 0 Å². The second kappa shape index (κ2) is 9.31. The molecular formula is C14H22BrNO3. The Balaban J connectivity index is 2.26. The Morgan fingerprint density at radius 2 is 2.00 bits per heavy atom. The van der Waals surface area contributed by atoms with E-state index in [4.69, 9.17) is 19.9 Å². The molecule has 19 heavy (non-hydrogen) atoms. The van der Waals surface area contributed by atoms with Crippen LogP contribution in [0.2, 0.25) is 0 Å². The van der Waals surface area contributed by atoms with Gasteiger partial charge in [-0.05, 0) is 40.5 Å². The summed E-state index contributed by atoms with van der Waals surface area (Å²) in [6, 6.07) is 5.95. The van der Waals surface area contributed by atoms with E-state index in [9.17, 15) is 0 Å². The largest absolute Gasteiger partial charge is 0.492 e. The summed E-state index contributed by atoms with van der Waals surface area (Å²) in [5.74, 6) is 0.835. The first-order valence-electron chi connectivity index (χ1n) is 6.39. The van der Waals surface area contributed by atoms with Crippen molar-refractivity contribution in [3.8, 4) is 5.75 Å². The molecule has 0 fully saturated rings. The van der Waals surface area contributed by atoms with Gasteiger partial charge in [0.1, 0.15) is 5.75 Å². The fourth-order valence-corrected chi connectivity index (χ4v) is 2.02. The summed E-state index contributed by atoms with van der Waals surface area (Å²) in [6.07, 6.45) is 0.852. The summed E-state index contributed by atoms with van der Waals surface area (Å²) in [4.78, 5) is 0. The molecule has 1 aromatic carbocycles. The molecular weight excluding hydrogens is 310 g/mol. The lowest BCUT2D eigenvalue weighted by Gasteiger charge is -2.11. The minimum absolute atomic E-state index is 0.0273. The Labute approximate surface area is 123 Å². The predicted molar refractivity (Wildman–Crippen MR) is 79.6 cm³/mol. The highest BCUT2D eigenvalue weighted by Crippen LogP contribution is 2.27. The van der Waals surface area contributed by atoms with Crippen LogP contribution in [-0.2, 0) is 9.47 Å². The zero-order valence-corrected chi connectivity index (χ0v) is 13.1. The normalized spacial score (nSPS) is 12.4. The number of nitrogens with two attached hydrogens (primary N) is 1. The lowest BCUT2D eigenvalue weighted by atomic mass is 10.1. The highest BCUT2D eigenvalue weighted by atomic mass is 79.9. The first-order chi connectivity index (χ1) is 9.15. The Bertz CT molecular complexity index is 372.